The largest absolute Gasteiger partial charge is 0.294 e. The lowest BCUT2D eigenvalue weighted by Gasteiger charge is -1.85. The van der Waals surface area contributed by atoms with Crippen molar-refractivity contribution in [2.75, 3.05) is 7.05 Å². The summed E-state index contributed by atoms with van der Waals surface area (Å²) in [7, 11) is 1.73. The SMILES string of the molecule is C/N=C\c1ccccn1. The second kappa shape index (κ2) is 2.97. The molecule has 2 nitrogen and oxygen atoms in total. The van der Waals surface area contributed by atoms with Gasteiger partial charge in [0.15, 0.2) is 0 Å². The first-order chi connectivity index (χ1) is 4.43. The van der Waals surface area contributed by atoms with Crippen molar-refractivity contribution < 1.29 is 0 Å². The quantitative estimate of drug-likeness (QED) is 0.510. The van der Waals surface area contributed by atoms with E-state index in [0.29, 0.717) is 0 Å². The van der Waals surface area contributed by atoms with E-state index in [2.05, 4.69) is 9.98 Å². The molecule has 0 unspecified atom stereocenters. The van der Waals surface area contributed by atoms with Gasteiger partial charge in [-0.3, -0.25) is 9.98 Å². The predicted molar refractivity (Wildman–Crippen MR) is 37.8 cm³/mol. The van der Waals surface area contributed by atoms with E-state index in [9.17, 15) is 0 Å². The molecule has 0 N–H and O–H groups in total. The van der Waals surface area contributed by atoms with Crippen LogP contribution in [0.1, 0.15) is 5.69 Å². The number of hydrogen-bond acceptors (Lipinski definition) is 2. The molecule has 0 aliphatic carbocycles. The summed E-state index contributed by atoms with van der Waals surface area (Å²) in [5.74, 6) is 0. The first-order valence-electron chi connectivity index (χ1n) is 2.76. The molecular formula is C7H8N2. The van der Waals surface area contributed by atoms with Crippen LogP contribution in [-0.4, -0.2) is 18.2 Å². The highest BCUT2D eigenvalue weighted by molar-refractivity contribution is 5.76. The molecule has 9 heavy (non-hydrogen) atoms. The standard InChI is InChI=1S/C7H8N2/c1-8-6-7-4-2-3-5-9-7/h2-6H,1H3/b8-6-. The first-order valence-corrected chi connectivity index (χ1v) is 2.76. The zero-order chi connectivity index (χ0) is 6.53. The van der Waals surface area contributed by atoms with Gasteiger partial charge in [0.1, 0.15) is 0 Å². The fourth-order valence-corrected chi connectivity index (χ4v) is 0.585. The summed E-state index contributed by atoms with van der Waals surface area (Å²) in [6.07, 6.45) is 3.47. The lowest BCUT2D eigenvalue weighted by molar-refractivity contribution is 1.29. The Balaban J connectivity index is 2.85. The summed E-state index contributed by atoms with van der Waals surface area (Å²) in [5.41, 5.74) is 0.903. The molecular weight excluding hydrogens is 112 g/mol. The Morgan fingerprint density at radius 1 is 1.56 bits per heavy atom. The minimum Gasteiger partial charge on any atom is -0.294 e. The van der Waals surface area contributed by atoms with Crippen LogP contribution in [0, 0.1) is 0 Å². The van der Waals surface area contributed by atoms with Crippen LogP contribution in [0.15, 0.2) is 29.4 Å². The van der Waals surface area contributed by atoms with Gasteiger partial charge >= 0.3 is 0 Å². The minimum atomic E-state index is 0.903. The van der Waals surface area contributed by atoms with Crippen molar-refractivity contribution >= 4 is 6.21 Å². The maximum absolute atomic E-state index is 4.02. The highest BCUT2D eigenvalue weighted by atomic mass is 14.7. The van der Waals surface area contributed by atoms with Gasteiger partial charge in [-0.15, -0.1) is 0 Å². The van der Waals surface area contributed by atoms with Gasteiger partial charge in [0.2, 0.25) is 0 Å². The minimum absolute atomic E-state index is 0.903. The molecule has 1 heterocycles. The van der Waals surface area contributed by atoms with Crippen molar-refractivity contribution in [1.82, 2.24) is 4.98 Å². The van der Waals surface area contributed by atoms with Gasteiger partial charge in [-0.1, -0.05) is 6.07 Å². The van der Waals surface area contributed by atoms with E-state index in [1.165, 1.54) is 0 Å². The number of aromatic nitrogens is 1. The molecule has 1 aromatic rings. The number of pyridine rings is 1. The second-order valence-corrected chi connectivity index (χ2v) is 1.64. The van der Waals surface area contributed by atoms with Gasteiger partial charge in [-0.05, 0) is 12.1 Å². The average molecular weight is 120 g/mol. The molecule has 0 saturated heterocycles. The molecule has 1 rings (SSSR count). The van der Waals surface area contributed by atoms with Gasteiger partial charge in [-0.2, -0.15) is 0 Å². The van der Waals surface area contributed by atoms with Gasteiger partial charge in [-0.25, -0.2) is 0 Å². The van der Waals surface area contributed by atoms with E-state index >= 15 is 0 Å². The van der Waals surface area contributed by atoms with Crippen molar-refractivity contribution in [1.29, 1.82) is 0 Å². The zero-order valence-electron chi connectivity index (χ0n) is 5.28. The summed E-state index contributed by atoms with van der Waals surface area (Å²) in [6.45, 7) is 0. The molecule has 0 radical (unpaired) electrons. The summed E-state index contributed by atoms with van der Waals surface area (Å²) >= 11 is 0. The van der Waals surface area contributed by atoms with Crippen LogP contribution in [0.5, 0.6) is 0 Å². The topological polar surface area (TPSA) is 25.2 Å². The maximum Gasteiger partial charge on any atom is 0.0807 e. The molecule has 0 aliphatic rings. The molecule has 0 aliphatic heterocycles. The number of hydrogen-bond donors (Lipinski definition) is 0. The van der Waals surface area contributed by atoms with Crippen molar-refractivity contribution in [2.24, 2.45) is 4.99 Å². The van der Waals surface area contributed by atoms with Crippen LogP contribution >= 0.6 is 0 Å². The zero-order valence-corrected chi connectivity index (χ0v) is 5.28. The monoisotopic (exact) mass is 120 g/mol. The lowest BCUT2D eigenvalue weighted by Crippen LogP contribution is -1.82. The Morgan fingerprint density at radius 2 is 2.44 bits per heavy atom. The fourth-order valence-electron chi connectivity index (χ4n) is 0.585. The lowest BCUT2D eigenvalue weighted by atomic mass is 10.4. The molecule has 0 saturated carbocycles. The van der Waals surface area contributed by atoms with Crippen molar-refractivity contribution in [3.8, 4) is 0 Å². The highest BCUT2D eigenvalue weighted by Crippen LogP contribution is 1.86. The first kappa shape index (κ1) is 5.95. The van der Waals surface area contributed by atoms with Crippen LogP contribution < -0.4 is 0 Å². The second-order valence-electron chi connectivity index (χ2n) is 1.64. The molecule has 0 amide bonds. The van der Waals surface area contributed by atoms with Crippen molar-refractivity contribution in [2.45, 2.75) is 0 Å². The Bertz CT molecular complexity index is 191. The Morgan fingerprint density at radius 3 is 3.00 bits per heavy atom. The van der Waals surface area contributed by atoms with Crippen molar-refractivity contribution in [3.05, 3.63) is 30.1 Å². The molecule has 46 valence electrons. The van der Waals surface area contributed by atoms with Crippen LogP contribution in [0.3, 0.4) is 0 Å². The molecule has 0 spiro atoms. The summed E-state index contributed by atoms with van der Waals surface area (Å²) in [6, 6.07) is 5.73. The summed E-state index contributed by atoms with van der Waals surface area (Å²) < 4.78 is 0. The van der Waals surface area contributed by atoms with E-state index in [-0.39, 0.29) is 0 Å². The summed E-state index contributed by atoms with van der Waals surface area (Å²) in [5, 5.41) is 0. The normalized spacial score (nSPS) is 10.3. The van der Waals surface area contributed by atoms with Gasteiger partial charge < -0.3 is 0 Å². The van der Waals surface area contributed by atoms with E-state index in [1.807, 2.05) is 18.2 Å². The molecule has 0 aromatic carbocycles. The number of rotatable bonds is 1. The van der Waals surface area contributed by atoms with E-state index < -0.39 is 0 Å². The molecule has 0 bridgehead atoms. The highest BCUT2D eigenvalue weighted by Gasteiger charge is 1.80. The fraction of sp³-hybridized carbons (Fsp3) is 0.143. The Hall–Kier alpha value is -1.18. The third-order valence-corrected chi connectivity index (χ3v) is 0.949. The Labute approximate surface area is 54.3 Å². The molecule has 0 atom stereocenters. The maximum atomic E-state index is 4.02. The van der Waals surface area contributed by atoms with E-state index in [1.54, 1.807) is 19.5 Å². The van der Waals surface area contributed by atoms with E-state index in [0.717, 1.165) is 5.69 Å². The van der Waals surface area contributed by atoms with Crippen molar-refractivity contribution in [3.63, 3.8) is 0 Å². The van der Waals surface area contributed by atoms with Crippen LogP contribution in [0.2, 0.25) is 0 Å². The molecule has 0 fully saturated rings. The number of nitrogens with zero attached hydrogens (tertiary/aromatic N) is 2. The van der Waals surface area contributed by atoms with Crippen LogP contribution in [0.4, 0.5) is 0 Å². The summed E-state index contributed by atoms with van der Waals surface area (Å²) in [4.78, 5) is 7.84. The van der Waals surface area contributed by atoms with E-state index in [4.69, 9.17) is 0 Å². The molecule has 1 aromatic heterocycles. The average Bonchev–Trinajstić information content (AvgIpc) is 1.91. The Kier molecular flexibility index (Phi) is 1.96. The molecule has 2 heteroatoms. The third kappa shape index (κ3) is 1.64. The smallest absolute Gasteiger partial charge is 0.0807 e. The van der Waals surface area contributed by atoms with Gasteiger partial charge in [0.25, 0.3) is 0 Å². The van der Waals surface area contributed by atoms with Gasteiger partial charge in [0, 0.05) is 19.5 Å². The van der Waals surface area contributed by atoms with Gasteiger partial charge in [0.05, 0.1) is 5.69 Å². The van der Waals surface area contributed by atoms with Crippen LogP contribution in [-0.2, 0) is 0 Å². The van der Waals surface area contributed by atoms with Crippen LogP contribution in [0.25, 0.3) is 0 Å². The number of aliphatic imine (C=N–C) groups is 1. The third-order valence-electron chi connectivity index (χ3n) is 0.949. The predicted octanol–water partition coefficient (Wildman–Crippen LogP) is 1.13.